The number of amides is 1. The molecule has 0 aliphatic carbocycles. The number of anilines is 1. The highest BCUT2D eigenvalue weighted by Gasteiger charge is 2.18. The SMILES string of the molecule is COc1ccc(NC(=O)CSC2=Nc3cc(C)c(C)cc3N=C(c3cccc(OC)c3)C2)cc1. The Bertz CT molecular complexity index is 1270. The molecule has 0 fully saturated rings. The van der Waals surface area contributed by atoms with Crippen molar-refractivity contribution in [2.45, 2.75) is 20.3 Å². The first-order valence-electron chi connectivity index (χ1n) is 10.9. The molecule has 3 aromatic carbocycles. The molecule has 0 unspecified atom stereocenters. The van der Waals surface area contributed by atoms with Crippen molar-refractivity contribution in [3.05, 3.63) is 77.4 Å². The van der Waals surface area contributed by atoms with Gasteiger partial charge in [0.1, 0.15) is 11.5 Å². The standard InChI is InChI=1S/C27H27N3O3S/c1-17-12-24-25(13-18(17)2)30-27(15-23(29-24)19-6-5-7-22(14-19)33-4)34-16-26(31)28-20-8-10-21(32-3)11-9-20/h5-14H,15-16H2,1-4H3,(H,28,31). The number of nitrogens with one attached hydrogen (secondary N) is 1. The number of hydrogen-bond donors (Lipinski definition) is 1. The molecule has 0 atom stereocenters. The molecule has 1 N–H and O–H groups in total. The molecular weight excluding hydrogens is 446 g/mol. The van der Waals surface area contributed by atoms with Crippen LogP contribution >= 0.6 is 11.8 Å². The third-order valence-electron chi connectivity index (χ3n) is 5.56. The van der Waals surface area contributed by atoms with E-state index in [2.05, 4.69) is 31.3 Å². The summed E-state index contributed by atoms with van der Waals surface area (Å²) in [5, 5.41) is 3.77. The number of thioether (sulfide) groups is 1. The maximum Gasteiger partial charge on any atom is 0.234 e. The van der Waals surface area contributed by atoms with Crippen LogP contribution in [0.3, 0.4) is 0 Å². The van der Waals surface area contributed by atoms with Gasteiger partial charge < -0.3 is 14.8 Å². The number of hydrogen-bond acceptors (Lipinski definition) is 6. The number of carbonyl (C=O) groups excluding carboxylic acids is 1. The zero-order valence-electron chi connectivity index (χ0n) is 19.7. The van der Waals surface area contributed by atoms with Crippen molar-refractivity contribution in [1.29, 1.82) is 0 Å². The average molecular weight is 474 g/mol. The molecule has 0 saturated carbocycles. The van der Waals surface area contributed by atoms with Crippen molar-refractivity contribution >= 4 is 45.5 Å². The molecule has 1 aliphatic rings. The summed E-state index contributed by atoms with van der Waals surface area (Å²) in [7, 11) is 3.27. The Morgan fingerprint density at radius 2 is 1.59 bits per heavy atom. The molecule has 1 heterocycles. The number of aryl methyl sites for hydroxylation is 2. The Balaban J connectivity index is 1.57. The molecule has 0 aromatic heterocycles. The first-order valence-corrected chi connectivity index (χ1v) is 11.9. The van der Waals surface area contributed by atoms with Crippen LogP contribution in [-0.4, -0.2) is 36.6 Å². The van der Waals surface area contributed by atoms with Crippen LogP contribution in [0.15, 0.2) is 70.6 Å². The number of nitrogens with zero attached hydrogens (tertiary/aromatic N) is 2. The third kappa shape index (κ3) is 5.66. The number of benzene rings is 3. The van der Waals surface area contributed by atoms with Gasteiger partial charge >= 0.3 is 0 Å². The van der Waals surface area contributed by atoms with Gasteiger partial charge in [-0.1, -0.05) is 12.1 Å². The lowest BCUT2D eigenvalue weighted by atomic mass is 10.1. The van der Waals surface area contributed by atoms with E-state index in [4.69, 9.17) is 19.5 Å². The fourth-order valence-electron chi connectivity index (χ4n) is 3.54. The molecule has 6 nitrogen and oxygen atoms in total. The lowest BCUT2D eigenvalue weighted by Gasteiger charge is -2.09. The molecular formula is C27H27N3O3S. The lowest BCUT2D eigenvalue weighted by molar-refractivity contribution is -0.113. The van der Waals surface area contributed by atoms with E-state index in [9.17, 15) is 4.79 Å². The Kier molecular flexibility index (Phi) is 7.33. The second-order valence-corrected chi connectivity index (χ2v) is 9.01. The number of rotatable bonds is 6. The van der Waals surface area contributed by atoms with E-state index >= 15 is 0 Å². The summed E-state index contributed by atoms with van der Waals surface area (Å²) in [5.41, 5.74) is 6.56. The average Bonchev–Trinajstić information content (AvgIpc) is 3.02. The quantitative estimate of drug-likeness (QED) is 0.459. The summed E-state index contributed by atoms with van der Waals surface area (Å²) in [6, 6.07) is 19.3. The van der Waals surface area contributed by atoms with E-state index in [-0.39, 0.29) is 11.7 Å². The molecule has 0 spiro atoms. The topological polar surface area (TPSA) is 72.3 Å². The fraction of sp³-hybridized carbons (Fsp3) is 0.222. The highest BCUT2D eigenvalue weighted by Crippen LogP contribution is 2.36. The Hall–Kier alpha value is -3.58. The molecule has 0 saturated heterocycles. The first-order chi connectivity index (χ1) is 16.4. The maximum atomic E-state index is 12.6. The molecule has 0 bridgehead atoms. The fourth-order valence-corrected chi connectivity index (χ4v) is 4.31. The maximum absolute atomic E-state index is 12.6. The molecule has 34 heavy (non-hydrogen) atoms. The van der Waals surface area contributed by atoms with Crippen LogP contribution in [0.1, 0.15) is 23.1 Å². The van der Waals surface area contributed by atoms with Crippen LogP contribution in [0.4, 0.5) is 17.1 Å². The van der Waals surface area contributed by atoms with E-state index in [0.29, 0.717) is 6.42 Å². The Morgan fingerprint density at radius 1 is 0.912 bits per heavy atom. The number of aliphatic imine (C=N–C) groups is 2. The number of methoxy groups -OCH3 is 2. The first kappa shape index (κ1) is 23.6. The van der Waals surface area contributed by atoms with Gasteiger partial charge in [0.2, 0.25) is 5.91 Å². The number of fused-ring (bicyclic) bond motifs is 1. The minimum atomic E-state index is -0.0951. The van der Waals surface area contributed by atoms with Gasteiger partial charge in [0.15, 0.2) is 0 Å². The summed E-state index contributed by atoms with van der Waals surface area (Å²) >= 11 is 1.43. The van der Waals surface area contributed by atoms with Crippen molar-refractivity contribution in [2.24, 2.45) is 9.98 Å². The van der Waals surface area contributed by atoms with Gasteiger partial charge in [-0.3, -0.25) is 9.79 Å². The van der Waals surface area contributed by atoms with Gasteiger partial charge in [-0.2, -0.15) is 0 Å². The van der Waals surface area contributed by atoms with Crippen LogP contribution in [0.5, 0.6) is 11.5 Å². The van der Waals surface area contributed by atoms with Gasteiger partial charge in [0.25, 0.3) is 0 Å². The van der Waals surface area contributed by atoms with Crippen molar-refractivity contribution in [2.75, 3.05) is 25.3 Å². The summed E-state index contributed by atoms with van der Waals surface area (Å²) in [5.74, 6) is 1.67. The zero-order valence-corrected chi connectivity index (χ0v) is 20.5. The summed E-state index contributed by atoms with van der Waals surface area (Å²) < 4.78 is 10.6. The minimum Gasteiger partial charge on any atom is -0.497 e. The van der Waals surface area contributed by atoms with Crippen LogP contribution in [-0.2, 0) is 4.79 Å². The molecule has 7 heteroatoms. The van der Waals surface area contributed by atoms with Crippen molar-refractivity contribution < 1.29 is 14.3 Å². The van der Waals surface area contributed by atoms with E-state index in [1.54, 1.807) is 14.2 Å². The predicted octanol–water partition coefficient (Wildman–Crippen LogP) is 6.25. The predicted molar refractivity (Wildman–Crippen MR) is 141 cm³/mol. The summed E-state index contributed by atoms with van der Waals surface area (Å²) in [6.45, 7) is 4.14. The molecule has 3 aromatic rings. The zero-order chi connectivity index (χ0) is 24.1. The molecule has 0 radical (unpaired) electrons. The van der Waals surface area contributed by atoms with E-state index < -0.39 is 0 Å². The van der Waals surface area contributed by atoms with Crippen LogP contribution < -0.4 is 14.8 Å². The van der Waals surface area contributed by atoms with Gasteiger partial charge in [-0.25, -0.2) is 4.99 Å². The number of ether oxygens (including phenoxy) is 2. The van der Waals surface area contributed by atoms with Crippen molar-refractivity contribution in [1.82, 2.24) is 0 Å². The molecule has 1 aliphatic heterocycles. The number of carbonyl (C=O) groups is 1. The van der Waals surface area contributed by atoms with Crippen LogP contribution in [0.2, 0.25) is 0 Å². The largest absolute Gasteiger partial charge is 0.497 e. The Labute approximate surface area is 204 Å². The molecule has 1 amide bonds. The Morgan fingerprint density at radius 3 is 2.26 bits per heavy atom. The highest BCUT2D eigenvalue weighted by molar-refractivity contribution is 8.14. The summed E-state index contributed by atoms with van der Waals surface area (Å²) in [6.07, 6.45) is 0.528. The van der Waals surface area contributed by atoms with E-state index in [0.717, 1.165) is 56.0 Å². The van der Waals surface area contributed by atoms with E-state index in [1.165, 1.54) is 11.8 Å². The minimum absolute atomic E-state index is 0.0951. The van der Waals surface area contributed by atoms with E-state index in [1.807, 2.05) is 48.5 Å². The van der Waals surface area contributed by atoms with Crippen molar-refractivity contribution in [3.8, 4) is 11.5 Å². The molecule has 4 rings (SSSR count). The third-order valence-corrected chi connectivity index (χ3v) is 6.53. The van der Waals surface area contributed by atoms with Gasteiger partial charge in [-0.15, -0.1) is 11.8 Å². The van der Waals surface area contributed by atoms with Gasteiger partial charge in [0, 0.05) is 17.7 Å². The van der Waals surface area contributed by atoms with Gasteiger partial charge in [0.05, 0.1) is 42.1 Å². The normalized spacial score (nSPS) is 12.7. The second kappa shape index (κ2) is 10.6. The monoisotopic (exact) mass is 473 g/mol. The second-order valence-electron chi connectivity index (χ2n) is 7.96. The van der Waals surface area contributed by atoms with Crippen LogP contribution in [0, 0.1) is 13.8 Å². The lowest BCUT2D eigenvalue weighted by Crippen LogP contribution is -2.16. The van der Waals surface area contributed by atoms with Gasteiger partial charge in [-0.05, 0) is 73.5 Å². The molecule has 174 valence electrons. The summed E-state index contributed by atoms with van der Waals surface area (Å²) in [4.78, 5) is 22.5. The van der Waals surface area contributed by atoms with Crippen molar-refractivity contribution in [3.63, 3.8) is 0 Å². The smallest absolute Gasteiger partial charge is 0.234 e. The van der Waals surface area contributed by atoms with Crippen LogP contribution in [0.25, 0.3) is 0 Å². The highest BCUT2D eigenvalue weighted by atomic mass is 32.2.